The minimum absolute atomic E-state index is 0.245. The molecule has 0 saturated carbocycles. The van der Waals surface area contributed by atoms with Crippen LogP contribution < -0.4 is 5.84 Å². The van der Waals surface area contributed by atoms with Gasteiger partial charge in [0.1, 0.15) is 5.78 Å². The van der Waals surface area contributed by atoms with E-state index in [-0.39, 0.29) is 5.41 Å². The molecule has 2 N–H and O–H groups in total. The maximum atomic E-state index is 11.4. The Balaban J connectivity index is 2.68. The Labute approximate surface area is 67.5 Å². The molecule has 1 heterocycles. The molecule has 1 aliphatic heterocycles. The number of carbonyl (C=O) groups excluding carboxylic acids is 1. The van der Waals surface area contributed by atoms with E-state index in [1.54, 1.807) is 5.01 Å². The molecule has 0 unspecified atom stereocenters. The quantitative estimate of drug-likeness (QED) is 0.521. The van der Waals surface area contributed by atoms with E-state index in [0.29, 0.717) is 18.7 Å². The molecule has 3 heteroatoms. The van der Waals surface area contributed by atoms with Gasteiger partial charge in [-0.3, -0.25) is 10.6 Å². The highest BCUT2D eigenvalue weighted by molar-refractivity contribution is 5.84. The van der Waals surface area contributed by atoms with E-state index in [9.17, 15) is 4.79 Å². The summed E-state index contributed by atoms with van der Waals surface area (Å²) in [5, 5.41) is 1.74. The Morgan fingerprint density at radius 2 is 2.18 bits per heavy atom. The van der Waals surface area contributed by atoms with E-state index in [1.165, 1.54) is 0 Å². The molecule has 11 heavy (non-hydrogen) atoms. The van der Waals surface area contributed by atoms with Crippen LogP contribution in [0.5, 0.6) is 0 Å². The van der Waals surface area contributed by atoms with Gasteiger partial charge in [0.2, 0.25) is 0 Å². The molecule has 1 saturated heterocycles. The Morgan fingerprint density at radius 1 is 1.55 bits per heavy atom. The summed E-state index contributed by atoms with van der Waals surface area (Å²) in [6, 6.07) is 0. The van der Waals surface area contributed by atoms with Crippen molar-refractivity contribution in [3.8, 4) is 0 Å². The minimum Gasteiger partial charge on any atom is -0.299 e. The second-order valence-electron chi connectivity index (χ2n) is 3.88. The summed E-state index contributed by atoms with van der Waals surface area (Å²) in [4.78, 5) is 11.4. The molecular formula is C8H16N2O. The summed E-state index contributed by atoms with van der Waals surface area (Å²) in [5.41, 5.74) is -0.245. The van der Waals surface area contributed by atoms with Crippen LogP contribution in [0, 0.1) is 5.41 Å². The van der Waals surface area contributed by atoms with Gasteiger partial charge >= 0.3 is 0 Å². The predicted molar refractivity (Wildman–Crippen MR) is 43.8 cm³/mol. The predicted octanol–water partition coefficient (Wildman–Crippen LogP) is 0.551. The van der Waals surface area contributed by atoms with Crippen LogP contribution >= 0.6 is 0 Å². The van der Waals surface area contributed by atoms with Crippen LogP contribution in [0.15, 0.2) is 0 Å². The zero-order valence-electron chi connectivity index (χ0n) is 7.26. The van der Waals surface area contributed by atoms with Gasteiger partial charge in [-0.1, -0.05) is 13.8 Å². The summed E-state index contributed by atoms with van der Waals surface area (Å²) in [6.07, 6.45) is 1.58. The second-order valence-corrected chi connectivity index (χ2v) is 3.88. The summed E-state index contributed by atoms with van der Waals surface area (Å²) < 4.78 is 0. The van der Waals surface area contributed by atoms with E-state index in [0.717, 1.165) is 13.0 Å². The van der Waals surface area contributed by atoms with Gasteiger partial charge in [0, 0.05) is 24.9 Å². The van der Waals surface area contributed by atoms with Crippen molar-refractivity contribution in [2.75, 3.05) is 13.1 Å². The second kappa shape index (κ2) is 2.91. The van der Waals surface area contributed by atoms with Crippen LogP contribution in [-0.2, 0) is 4.79 Å². The lowest BCUT2D eigenvalue weighted by Gasteiger charge is -2.24. The molecule has 64 valence electrons. The highest BCUT2D eigenvalue weighted by Gasteiger charge is 2.30. The van der Waals surface area contributed by atoms with Crippen LogP contribution in [0.4, 0.5) is 0 Å². The van der Waals surface area contributed by atoms with Crippen LogP contribution in [-0.4, -0.2) is 23.9 Å². The number of hydrazine groups is 1. The monoisotopic (exact) mass is 156 g/mol. The number of nitrogens with two attached hydrogens (primary N) is 1. The van der Waals surface area contributed by atoms with E-state index in [2.05, 4.69) is 0 Å². The average molecular weight is 156 g/mol. The van der Waals surface area contributed by atoms with Crippen LogP contribution in [0.2, 0.25) is 0 Å². The molecule has 0 atom stereocenters. The first-order valence-corrected chi connectivity index (χ1v) is 4.05. The number of hydrogen-bond acceptors (Lipinski definition) is 3. The summed E-state index contributed by atoms with van der Waals surface area (Å²) in [5.74, 6) is 5.99. The molecule has 0 aromatic carbocycles. The third kappa shape index (κ3) is 2.01. The SMILES string of the molecule is CC1(C)CN(N)CCCC1=O. The lowest BCUT2D eigenvalue weighted by atomic mass is 9.87. The summed E-state index contributed by atoms with van der Waals surface area (Å²) in [6.45, 7) is 5.45. The topological polar surface area (TPSA) is 46.3 Å². The minimum atomic E-state index is -0.245. The molecule has 0 amide bonds. The van der Waals surface area contributed by atoms with Gasteiger partial charge in [-0.05, 0) is 6.42 Å². The van der Waals surface area contributed by atoms with Crippen molar-refractivity contribution in [3.05, 3.63) is 0 Å². The molecule has 0 aromatic heterocycles. The zero-order valence-corrected chi connectivity index (χ0v) is 7.26. The van der Waals surface area contributed by atoms with Gasteiger partial charge in [0.05, 0.1) is 0 Å². The third-order valence-electron chi connectivity index (χ3n) is 2.20. The Hall–Kier alpha value is -0.410. The fourth-order valence-corrected chi connectivity index (χ4v) is 1.46. The lowest BCUT2D eigenvalue weighted by Crippen LogP contribution is -2.40. The Bertz CT molecular complexity index is 165. The van der Waals surface area contributed by atoms with Gasteiger partial charge in [-0.25, -0.2) is 5.01 Å². The zero-order chi connectivity index (χ0) is 8.48. The standard InChI is InChI=1S/C8H16N2O/c1-8(2)6-10(9)5-3-4-7(8)11/h3-6,9H2,1-2H3. The van der Waals surface area contributed by atoms with Gasteiger partial charge in [0.25, 0.3) is 0 Å². The third-order valence-corrected chi connectivity index (χ3v) is 2.20. The Morgan fingerprint density at radius 3 is 2.82 bits per heavy atom. The van der Waals surface area contributed by atoms with Gasteiger partial charge < -0.3 is 0 Å². The molecule has 3 nitrogen and oxygen atoms in total. The van der Waals surface area contributed by atoms with Crippen LogP contribution in [0.25, 0.3) is 0 Å². The van der Waals surface area contributed by atoms with E-state index in [1.807, 2.05) is 13.8 Å². The van der Waals surface area contributed by atoms with Crippen molar-refractivity contribution in [1.29, 1.82) is 0 Å². The number of rotatable bonds is 0. The van der Waals surface area contributed by atoms with Crippen molar-refractivity contribution >= 4 is 5.78 Å². The first-order valence-electron chi connectivity index (χ1n) is 4.05. The van der Waals surface area contributed by atoms with E-state index >= 15 is 0 Å². The fourth-order valence-electron chi connectivity index (χ4n) is 1.46. The summed E-state index contributed by atoms with van der Waals surface area (Å²) >= 11 is 0. The smallest absolute Gasteiger partial charge is 0.139 e. The number of carbonyl (C=O) groups is 1. The molecule has 0 aliphatic carbocycles. The number of hydrogen-bond donors (Lipinski definition) is 1. The highest BCUT2D eigenvalue weighted by Crippen LogP contribution is 2.22. The van der Waals surface area contributed by atoms with Crippen molar-refractivity contribution in [2.24, 2.45) is 11.3 Å². The van der Waals surface area contributed by atoms with Gasteiger partial charge in [-0.2, -0.15) is 0 Å². The molecular weight excluding hydrogens is 140 g/mol. The van der Waals surface area contributed by atoms with Crippen LogP contribution in [0.3, 0.4) is 0 Å². The van der Waals surface area contributed by atoms with E-state index in [4.69, 9.17) is 5.84 Å². The Kier molecular flexibility index (Phi) is 2.30. The fraction of sp³-hybridized carbons (Fsp3) is 0.875. The molecule has 1 aliphatic rings. The van der Waals surface area contributed by atoms with Crippen LogP contribution in [0.1, 0.15) is 26.7 Å². The van der Waals surface area contributed by atoms with Crippen molar-refractivity contribution < 1.29 is 4.79 Å². The largest absolute Gasteiger partial charge is 0.299 e. The van der Waals surface area contributed by atoms with Gasteiger partial charge in [0.15, 0.2) is 0 Å². The van der Waals surface area contributed by atoms with Gasteiger partial charge in [-0.15, -0.1) is 0 Å². The first kappa shape index (κ1) is 8.68. The molecule has 0 radical (unpaired) electrons. The molecule has 1 rings (SSSR count). The van der Waals surface area contributed by atoms with E-state index < -0.39 is 0 Å². The number of nitrogens with zero attached hydrogens (tertiary/aromatic N) is 1. The average Bonchev–Trinajstić information content (AvgIpc) is 1.93. The highest BCUT2D eigenvalue weighted by atomic mass is 16.1. The number of ketones is 1. The van der Waals surface area contributed by atoms with Crippen molar-refractivity contribution in [3.63, 3.8) is 0 Å². The molecule has 0 aromatic rings. The first-order chi connectivity index (χ1) is 5.02. The maximum absolute atomic E-state index is 11.4. The summed E-state index contributed by atoms with van der Waals surface area (Å²) in [7, 11) is 0. The van der Waals surface area contributed by atoms with Crippen molar-refractivity contribution in [2.45, 2.75) is 26.7 Å². The molecule has 0 bridgehead atoms. The molecule has 0 spiro atoms. The lowest BCUT2D eigenvalue weighted by molar-refractivity contribution is -0.127. The number of Topliss-reactive ketones (excluding diaryl/α,β-unsaturated/α-hetero) is 1. The maximum Gasteiger partial charge on any atom is 0.139 e. The normalized spacial score (nSPS) is 26.6. The van der Waals surface area contributed by atoms with Crippen molar-refractivity contribution in [1.82, 2.24) is 5.01 Å². The molecule has 1 fully saturated rings.